The molecule has 2 N–H and O–H groups in total. The maximum atomic E-state index is 12.0. The van der Waals surface area contributed by atoms with Gasteiger partial charge in [0.05, 0.1) is 12.2 Å². The molecular formula is C23H28N2O3S. The monoisotopic (exact) mass is 412 g/mol. The predicted octanol–water partition coefficient (Wildman–Crippen LogP) is 4.87. The topological polar surface area (TPSA) is 67.4 Å². The Balaban J connectivity index is 1.71. The molecule has 2 aromatic carbocycles. The number of benzene rings is 2. The minimum absolute atomic E-state index is 0.144. The van der Waals surface area contributed by atoms with Crippen molar-refractivity contribution < 1.29 is 14.3 Å². The molecule has 5 nitrogen and oxygen atoms in total. The lowest BCUT2D eigenvalue weighted by Crippen LogP contribution is -2.34. The molecule has 2 rings (SSSR count). The molecule has 0 atom stereocenters. The number of nitrogens with one attached hydrogen (secondary N) is 2. The number of carbonyl (C=O) groups is 2. The van der Waals surface area contributed by atoms with Gasteiger partial charge in [0.1, 0.15) is 0 Å². The fourth-order valence-electron chi connectivity index (χ4n) is 2.72. The lowest BCUT2D eigenvalue weighted by molar-refractivity contribution is -0.119. The van der Waals surface area contributed by atoms with E-state index in [2.05, 4.69) is 17.6 Å². The minimum Gasteiger partial charge on any atom is -0.462 e. The number of amides is 1. The first-order chi connectivity index (χ1) is 14.1. The number of aryl methyl sites for hydroxylation is 1. The van der Waals surface area contributed by atoms with E-state index in [-0.39, 0.29) is 17.0 Å². The molecule has 0 spiro atoms. The molecule has 0 bridgehead atoms. The number of rotatable bonds is 10. The van der Waals surface area contributed by atoms with Crippen LogP contribution < -0.4 is 10.6 Å². The SMILES string of the molecule is CCCCCCOC(=O)c1ccc(NC(=S)NC(=O)CCc2ccccc2)cc1. The summed E-state index contributed by atoms with van der Waals surface area (Å²) in [4.78, 5) is 24.0. The quantitative estimate of drug-likeness (QED) is 0.331. The van der Waals surface area contributed by atoms with Crippen molar-refractivity contribution in [2.75, 3.05) is 11.9 Å². The van der Waals surface area contributed by atoms with Crippen molar-refractivity contribution in [3.05, 3.63) is 65.7 Å². The number of esters is 1. The van der Waals surface area contributed by atoms with Gasteiger partial charge in [-0.05, 0) is 54.9 Å². The van der Waals surface area contributed by atoms with Crippen LogP contribution >= 0.6 is 12.2 Å². The zero-order valence-corrected chi connectivity index (χ0v) is 17.6. The van der Waals surface area contributed by atoms with Gasteiger partial charge in [-0.3, -0.25) is 4.79 Å². The Morgan fingerprint density at radius 2 is 1.69 bits per heavy atom. The molecule has 0 heterocycles. The summed E-state index contributed by atoms with van der Waals surface area (Å²) in [6.45, 7) is 2.58. The third-order valence-electron chi connectivity index (χ3n) is 4.35. The van der Waals surface area contributed by atoms with E-state index < -0.39 is 0 Å². The van der Waals surface area contributed by atoms with Crippen molar-refractivity contribution in [3.63, 3.8) is 0 Å². The van der Waals surface area contributed by atoms with Gasteiger partial charge < -0.3 is 15.4 Å². The summed E-state index contributed by atoms with van der Waals surface area (Å²) in [5.74, 6) is -0.473. The van der Waals surface area contributed by atoms with Gasteiger partial charge in [0.25, 0.3) is 0 Å². The minimum atomic E-state index is -0.329. The van der Waals surface area contributed by atoms with Crippen molar-refractivity contribution in [1.82, 2.24) is 5.32 Å². The van der Waals surface area contributed by atoms with Crippen LogP contribution in [0.4, 0.5) is 5.69 Å². The van der Waals surface area contributed by atoms with Crippen LogP contribution in [-0.4, -0.2) is 23.6 Å². The van der Waals surface area contributed by atoms with Crippen molar-refractivity contribution in [2.24, 2.45) is 0 Å². The van der Waals surface area contributed by atoms with Crippen LogP contribution in [0.1, 0.15) is 54.9 Å². The molecule has 0 aliphatic carbocycles. The first-order valence-electron chi connectivity index (χ1n) is 10.0. The molecule has 0 fully saturated rings. The fraction of sp³-hybridized carbons (Fsp3) is 0.348. The number of unbranched alkanes of at least 4 members (excludes halogenated alkanes) is 3. The molecule has 154 valence electrons. The van der Waals surface area contributed by atoms with Gasteiger partial charge in [-0.1, -0.05) is 56.5 Å². The summed E-state index contributed by atoms with van der Waals surface area (Å²) in [7, 11) is 0. The Bertz CT molecular complexity index is 792. The van der Waals surface area contributed by atoms with Crippen LogP contribution in [0.25, 0.3) is 0 Å². The number of anilines is 1. The van der Waals surface area contributed by atoms with Crippen LogP contribution in [0.3, 0.4) is 0 Å². The van der Waals surface area contributed by atoms with E-state index in [0.717, 1.165) is 31.2 Å². The summed E-state index contributed by atoms with van der Waals surface area (Å²) in [6.07, 6.45) is 5.27. The average molecular weight is 413 g/mol. The Hall–Kier alpha value is -2.73. The first-order valence-corrected chi connectivity index (χ1v) is 10.4. The lowest BCUT2D eigenvalue weighted by atomic mass is 10.1. The highest BCUT2D eigenvalue weighted by Gasteiger charge is 2.08. The van der Waals surface area contributed by atoms with Crippen LogP contribution in [-0.2, 0) is 16.0 Å². The van der Waals surface area contributed by atoms with Crippen molar-refractivity contribution in [3.8, 4) is 0 Å². The van der Waals surface area contributed by atoms with Gasteiger partial charge in [-0.15, -0.1) is 0 Å². The maximum Gasteiger partial charge on any atom is 0.338 e. The molecule has 6 heteroatoms. The van der Waals surface area contributed by atoms with Gasteiger partial charge in [-0.2, -0.15) is 0 Å². The molecule has 0 aliphatic heterocycles. The number of hydrogen-bond donors (Lipinski definition) is 2. The normalized spacial score (nSPS) is 10.2. The lowest BCUT2D eigenvalue weighted by Gasteiger charge is -2.10. The van der Waals surface area contributed by atoms with E-state index in [9.17, 15) is 9.59 Å². The van der Waals surface area contributed by atoms with Gasteiger partial charge in [-0.25, -0.2) is 4.79 Å². The summed E-state index contributed by atoms with van der Waals surface area (Å²) in [5.41, 5.74) is 2.29. The van der Waals surface area contributed by atoms with Crippen molar-refractivity contribution in [2.45, 2.75) is 45.4 Å². The van der Waals surface area contributed by atoms with Crippen LogP contribution in [0.2, 0.25) is 0 Å². The first kappa shape index (κ1) is 22.6. The molecular weight excluding hydrogens is 384 g/mol. The van der Waals surface area contributed by atoms with E-state index in [1.807, 2.05) is 30.3 Å². The van der Waals surface area contributed by atoms with E-state index in [1.165, 1.54) is 0 Å². The second kappa shape index (κ2) is 12.7. The standard InChI is InChI=1S/C23H28N2O3S/c1-2-3-4-8-17-28-22(27)19-12-14-20(15-13-19)24-23(29)25-21(26)16-11-18-9-6-5-7-10-18/h5-7,9-10,12-15H,2-4,8,11,16-17H2,1H3,(H2,24,25,26,29). The van der Waals surface area contributed by atoms with Crippen LogP contribution in [0.15, 0.2) is 54.6 Å². The molecule has 0 aliphatic rings. The number of carbonyl (C=O) groups excluding carboxylic acids is 2. The van der Waals surface area contributed by atoms with Crippen LogP contribution in [0.5, 0.6) is 0 Å². The molecule has 0 saturated carbocycles. The zero-order valence-electron chi connectivity index (χ0n) is 16.8. The number of thiocarbonyl (C=S) groups is 1. The smallest absolute Gasteiger partial charge is 0.338 e. The van der Waals surface area contributed by atoms with Crippen LogP contribution in [0, 0.1) is 0 Å². The summed E-state index contributed by atoms with van der Waals surface area (Å²) < 4.78 is 5.27. The Morgan fingerprint density at radius 3 is 2.38 bits per heavy atom. The Labute approximate surface area is 177 Å². The second-order valence-electron chi connectivity index (χ2n) is 6.76. The second-order valence-corrected chi connectivity index (χ2v) is 7.17. The third kappa shape index (κ3) is 8.87. The average Bonchev–Trinajstić information content (AvgIpc) is 2.73. The molecule has 0 radical (unpaired) electrons. The van der Waals surface area contributed by atoms with Crippen molar-refractivity contribution >= 4 is 34.9 Å². The van der Waals surface area contributed by atoms with Gasteiger partial charge in [0, 0.05) is 12.1 Å². The molecule has 1 amide bonds. The number of ether oxygens (including phenoxy) is 1. The largest absolute Gasteiger partial charge is 0.462 e. The van der Waals surface area contributed by atoms with E-state index in [4.69, 9.17) is 17.0 Å². The Kier molecular flexibility index (Phi) is 9.86. The van der Waals surface area contributed by atoms with Gasteiger partial charge >= 0.3 is 5.97 Å². The molecule has 0 saturated heterocycles. The summed E-state index contributed by atoms with van der Waals surface area (Å²) >= 11 is 5.18. The van der Waals surface area contributed by atoms with E-state index >= 15 is 0 Å². The molecule has 29 heavy (non-hydrogen) atoms. The van der Waals surface area contributed by atoms with Crippen molar-refractivity contribution in [1.29, 1.82) is 0 Å². The highest BCUT2D eigenvalue weighted by atomic mass is 32.1. The van der Waals surface area contributed by atoms with Gasteiger partial charge in [0.2, 0.25) is 5.91 Å². The maximum absolute atomic E-state index is 12.0. The fourth-order valence-corrected chi connectivity index (χ4v) is 2.95. The number of hydrogen-bond acceptors (Lipinski definition) is 4. The highest BCUT2D eigenvalue weighted by Crippen LogP contribution is 2.11. The molecule has 0 unspecified atom stereocenters. The van der Waals surface area contributed by atoms with Gasteiger partial charge in [0.15, 0.2) is 5.11 Å². The van der Waals surface area contributed by atoms with E-state index in [1.54, 1.807) is 24.3 Å². The highest BCUT2D eigenvalue weighted by molar-refractivity contribution is 7.80. The third-order valence-corrected chi connectivity index (χ3v) is 4.55. The zero-order chi connectivity index (χ0) is 20.9. The predicted molar refractivity (Wildman–Crippen MR) is 120 cm³/mol. The molecule has 0 aromatic heterocycles. The Morgan fingerprint density at radius 1 is 0.966 bits per heavy atom. The van der Waals surface area contributed by atoms with E-state index in [0.29, 0.717) is 30.7 Å². The summed E-state index contributed by atoms with van der Waals surface area (Å²) in [6, 6.07) is 16.6. The molecule has 2 aromatic rings. The summed E-state index contributed by atoms with van der Waals surface area (Å²) in [5, 5.41) is 5.85.